The van der Waals surface area contributed by atoms with Crippen molar-refractivity contribution in [3.05, 3.63) is 36.5 Å². The van der Waals surface area contributed by atoms with E-state index in [0.29, 0.717) is 19.3 Å². The Hall–Kier alpha value is -2.37. The second kappa shape index (κ2) is 59.2. The number of hydrogen-bond donors (Lipinski definition) is 0. The first-order valence-electron chi connectivity index (χ1n) is 31.0. The summed E-state index contributed by atoms with van der Waals surface area (Å²) in [6.07, 6.45) is 71.3. The summed E-state index contributed by atoms with van der Waals surface area (Å²) in [6.45, 7) is 6.66. The van der Waals surface area contributed by atoms with Gasteiger partial charge in [-0.15, -0.1) is 0 Å². The molecule has 6 heteroatoms. The lowest BCUT2D eigenvalue weighted by Crippen LogP contribution is -2.30. The van der Waals surface area contributed by atoms with Crippen molar-refractivity contribution in [3.8, 4) is 0 Å². The largest absolute Gasteiger partial charge is 0.462 e. The van der Waals surface area contributed by atoms with E-state index in [-0.39, 0.29) is 31.1 Å². The average molecular weight is 984 g/mol. The SMILES string of the molecule is CCCCC/C=C\C/C=C\CCCCCCCCCCCC(=O)OC[C@@H](COC(=O)CCCCCCCCCCCCCCCC)OC(=O)CCCCCCCCCCC/C=C\CCCCCCCC. The zero-order valence-corrected chi connectivity index (χ0v) is 47.1. The van der Waals surface area contributed by atoms with Crippen LogP contribution in [0.5, 0.6) is 0 Å². The zero-order valence-electron chi connectivity index (χ0n) is 47.1. The van der Waals surface area contributed by atoms with Crippen LogP contribution in [0.1, 0.15) is 335 Å². The van der Waals surface area contributed by atoms with Gasteiger partial charge >= 0.3 is 17.9 Å². The van der Waals surface area contributed by atoms with Crippen LogP contribution < -0.4 is 0 Å². The molecule has 0 aromatic heterocycles. The highest BCUT2D eigenvalue weighted by molar-refractivity contribution is 5.71. The minimum atomic E-state index is -0.772. The van der Waals surface area contributed by atoms with Crippen molar-refractivity contribution in [3.63, 3.8) is 0 Å². The second-order valence-corrected chi connectivity index (χ2v) is 21.0. The Kier molecular flexibility index (Phi) is 57.2. The first-order valence-corrected chi connectivity index (χ1v) is 31.0. The monoisotopic (exact) mass is 983 g/mol. The fourth-order valence-electron chi connectivity index (χ4n) is 9.18. The summed E-state index contributed by atoms with van der Waals surface area (Å²) in [5.74, 6) is -0.855. The molecular weight excluding hydrogens is 865 g/mol. The summed E-state index contributed by atoms with van der Waals surface area (Å²) in [5.41, 5.74) is 0. The predicted octanol–water partition coefficient (Wildman–Crippen LogP) is 20.8. The van der Waals surface area contributed by atoms with Crippen LogP contribution in [0, 0.1) is 0 Å². The van der Waals surface area contributed by atoms with Crippen LogP contribution in [0.15, 0.2) is 36.5 Å². The van der Waals surface area contributed by atoms with Gasteiger partial charge in [-0.2, -0.15) is 0 Å². The summed E-state index contributed by atoms with van der Waals surface area (Å²) < 4.78 is 16.9. The smallest absolute Gasteiger partial charge is 0.306 e. The Morgan fingerprint density at radius 2 is 0.514 bits per heavy atom. The molecule has 0 fully saturated rings. The Balaban J connectivity index is 4.33. The zero-order chi connectivity index (χ0) is 50.7. The third-order valence-corrected chi connectivity index (χ3v) is 13.9. The lowest BCUT2D eigenvalue weighted by Gasteiger charge is -2.18. The third kappa shape index (κ3) is 56.5. The van der Waals surface area contributed by atoms with Crippen molar-refractivity contribution >= 4 is 17.9 Å². The Morgan fingerprint density at radius 3 is 0.829 bits per heavy atom. The van der Waals surface area contributed by atoms with E-state index < -0.39 is 6.10 Å². The number of esters is 3. The van der Waals surface area contributed by atoms with Gasteiger partial charge in [0.2, 0.25) is 0 Å². The molecular formula is C64H118O6. The van der Waals surface area contributed by atoms with Gasteiger partial charge < -0.3 is 14.2 Å². The van der Waals surface area contributed by atoms with Crippen molar-refractivity contribution in [2.45, 2.75) is 341 Å². The topological polar surface area (TPSA) is 78.9 Å². The summed E-state index contributed by atoms with van der Waals surface area (Å²) in [5, 5.41) is 0. The molecule has 0 radical (unpaired) electrons. The van der Waals surface area contributed by atoms with E-state index in [9.17, 15) is 14.4 Å². The van der Waals surface area contributed by atoms with Crippen molar-refractivity contribution in [1.82, 2.24) is 0 Å². The molecule has 0 amide bonds. The molecule has 0 spiro atoms. The number of hydrogen-bond acceptors (Lipinski definition) is 6. The van der Waals surface area contributed by atoms with Crippen LogP contribution in [0.3, 0.4) is 0 Å². The normalized spacial score (nSPS) is 12.2. The minimum absolute atomic E-state index is 0.0700. The number of allylic oxidation sites excluding steroid dienone is 6. The maximum Gasteiger partial charge on any atom is 0.306 e. The highest BCUT2D eigenvalue weighted by Crippen LogP contribution is 2.17. The van der Waals surface area contributed by atoms with Crippen LogP contribution in [-0.2, 0) is 28.6 Å². The number of carbonyl (C=O) groups excluding carboxylic acids is 3. The molecule has 0 saturated carbocycles. The first-order chi connectivity index (χ1) is 34.5. The Bertz CT molecular complexity index is 1170. The van der Waals surface area contributed by atoms with Gasteiger partial charge in [-0.1, -0.05) is 276 Å². The maximum atomic E-state index is 12.9. The minimum Gasteiger partial charge on any atom is -0.462 e. The molecule has 0 aliphatic rings. The van der Waals surface area contributed by atoms with Gasteiger partial charge in [-0.25, -0.2) is 0 Å². The van der Waals surface area contributed by atoms with Crippen LogP contribution in [0.25, 0.3) is 0 Å². The Labute approximate surface area is 435 Å². The molecule has 0 saturated heterocycles. The van der Waals surface area contributed by atoms with Gasteiger partial charge in [0.15, 0.2) is 6.10 Å². The quantitative estimate of drug-likeness (QED) is 0.0261. The van der Waals surface area contributed by atoms with Gasteiger partial charge in [-0.3, -0.25) is 14.4 Å². The molecule has 0 aliphatic heterocycles. The van der Waals surface area contributed by atoms with E-state index >= 15 is 0 Å². The van der Waals surface area contributed by atoms with E-state index in [1.807, 2.05) is 0 Å². The van der Waals surface area contributed by atoms with Gasteiger partial charge in [0.1, 0.15) is 13.2 Å². The second-order valence-electron chi connectivity index (χ2n) is 21.0. The summed E-state index contributed by atoms with van der Waals surface area (Å²) in [7, 11) is 0. The molecule has 6 nitrogen and oxygen atoms in total. The number of unbranched alkanes of at least 4 members (excludes halogenated alkanes) is 40. The molecule has 0 aliphatic carbocycles. The maximum absolute atomic E-state index is 12.9. The van der Waals surface area contributed by atoms with Gasteiger partial charge in [0.25, 0.3) is 0 Å². The lowest BCUT2D eigenvalue weighted by atomic mass is 10.0. The fraction of sp³-hybridized carbons (Fsp3) is 0.859. The lowest BCUT2D eigenvalue weighted by molar-refractivity contribution is -0.167. The molecule has 0 bridgehead atoms. The summed E-state index contributed by atoms with van der Waals surface area (Å²) >= 11 is 0. The molecule has 1 atom stereocenters. The van der Waals surface area contributed by atoms with Crippen LogP contribution >= 0.6 is 0 Å². The van der Waals surface area contributed by atoms with E-state index in [1.165, 1.54) is 231 Å². The number of carbonyl (C=O) groups is 3. The van der Waals surface area contributed by atoms with E-state index in [4.69, 9.17) is 14.2 Å². The van der Waals surface area contributed by atoms with Gasteiger partial charge in [0.05, 0.1) is 0 Å². The van der Waals surface area contributed by atoms with Crippen molar-refractivity contribution in [1.29, 1.82) is 0 Å². The van der Waals surface area contributed by atoms with Crippen molar-refractivity contribution < 1.29 is 28.6 Å². The predicted molar refractivity (Wildman–Crippen MR) is 302 cm³/mol. The molecule has 0 aromatic rings. The standard InChI is InChI=1S/C64H118O6/c1-4-7-10-13-16-19-22-25-28-30-32-34-36-39-42-45-48-51-54-57-63(66)69-60-61(59-68-62(65)56-53-50-47-44-41-38-27-24-21-18-15-12-9-6-3)70-64(67)58-55-52-49-46-43-40-37-35-33-31-29-26-23-20-17-14-11-8-5-2/h16,19,25-26,28-29,61H,4-15,17-18,20-24,27,30-60H2,1-3H3/b19-16-,28-25-,29-26-/t61-/m1/s1. The van der Waals surface area contributed by atoms with Crippen molar-refractivity contribution in [2.24, 2.45) is 0 Å². The van der Waals surface area contributed by atoms with Crippen molar-refractivity contribution in [2.75, 3.05) is 13.2 Å². The molecule has 0 unspecified atom stereocenters. The highest BCUT2D eigenvalue weighted by Gasteiger charge is 2.19. The molecule has 0 heterocycles. The number of rotatable bonds is 57. The molecule has 0 N–H and O–H groups in total. The van der Waals surface area contributed by atoms with Crippen LogP contribution in [0.2, 0.25) is 0 Å². The van der Waals surface area contributed by atoms with Gasteiger partial charge in [-0.05, 0) is 77.0 Å². The molecule has 410 valence electrons. The summed E-state index contributed by atoms with van der Waals surface area (Å²) in [4.78, 5) is 38.3. The average Bonchev–Trinajstić information content (AvgIpc) is 3.36. The van der Waals surface area contributed by atoms with E-state index in [1.54, 1.807) is 0 Å². The highest BCUT2D eigenvalue weighted by atomic mass is 16.6. The third-order valence-electron chi connectivity index (χ3n) is 13.9. The Morgan fingerprint density at radius 1 is 0.286 bits per heavy atom. The molecule has 0 rings (SSSR count). The van der Waals surface area contributed by atoms with Crippen LogP contribution in [0.4, 0.5) is 0 Å². The van der Waals surface area contributed by atoms with Gasteiger partial charge in [0, 0.05) is 19.3 Å². The molecule has 0 aromatic carbocycles. The number of ether oxygens (including phenoxy) is 3. The van der Waals surface area contributed by atoms with Crippen LogP contribution in [-0.4, -0.2) is 37.2 Å². The van der Waals surface area contributed by atoms with E-state index in [2.05, 4.69) is 57.2 Å². The molecule has 70 heavy (non-hydrogen) atoms. The first kappa shape index (κ1) is 67.6. The summed E-state index contributed by atoms with van der Waals surface area (Å²) in [6, 6.07) is 0. The van der Waals surface area contributed by atoms with E-state index in [0.717, 1.165) is 64.2 Å². The fourth-order valence-corrected chi connectivity index (χ4v) is 9.18.